The molecule has 0 aliphatic rings. The number of carboxylic acid groups (broad SMARTS) is 1. The van der Waals surface area contributed by atoms with Crippen molar-refractivity contribution in [2.24, 2.45) is 5.41 Å². The van der Waals surface area contributed by atoms with E-state index in [4.69, 9.17) is 5.11 Å². The van der Waals surface area contributed by atoms with Crippen LogP contribution in [-0.2, 0) is 9.59 Å². The molecule has 0 aromatic rings. The van der Waals surface area contributed by atoms with E-state index in [9.17, 15) is 9.59 Å². The number of hydrogen-bond donors (Lipinski definition) is 1. The summed E-state index contributed by atoms with van der Waals surface area (Å²) >= 11 is 0. The Labute approximate surface area is 90.6 Å². The lowest BCUT2D eigenvalue weighted by atomic mass is 9.88. The van der Waals surface area contributed by atoms with Crippen LogP contribution in [0.3, 0.4) is 0 Å². The summed E-state index contributed by atoms with van der Waals surface area (Å²) in [4.78, 5) is 24.1. The maximum atomic E-state index is 11.7. The van der Waals surface area contributed by atoms with Gasteiger partial charge in [0.2, 0.25) is 0 Å². The van der Waals surface area contributed by atoms with Crippen molar-refractivity contribution in [2.45, 2.75) is 27.2 Å². The topological polar surface area (TPSA) is 57.6 Å². The number of hydrogen-bond acceptors (Lipinski definition) is 3. The van der Waals surface area contributed by atoms with Crippen LogP contribution < -0.4 is 0 Å². The molecule has 0 radical (unpaired) electrons. The summed E-state index contributed by atoms with van der Waals surface area (Å²) in [6, 6.07) is 0. The van der Waals surface area contributed by atoms with E-state index in [1.165, 1.54) is 6.20 Å². The zero-order chi connectivity index (χ0) is 12.2. The first kappa shape index (κ1) is 13.7. The predicted molar refractivity (Wildman–Crippen MR) is 58.5 cm³/mol. The molecule has 0 aromatic carbocycles. The number of carbonyl (C=O) groups is 2. The number of rotatable bonds is 4. The van der Waals surface area contributed by atoms with E-state index in [2.05, 4.69) is 0 Å². The third-order valence-electron chi connectivity index (χ3n) is 1.61. The summed E-state index contributed by atoms with van der Waals surface area (Å²) in [5.41, 5.74) is -0.354. The van der Waals surface area contributed by atoms with E-state index in [1.54, 1.807) is 19.0 Å². The molecule has 15 heavy (non-hydrogen) atoms. The minimum absolute atomic E-state index is 0.157. The van der Waals surface area contributed by atoms with Crippen LogP contribution in [0.2, 0.25) is 0 Å². The fraction of sp³-hybridized carbons (Fsp3) is 0.636. The lowest BCUT2D eigenvalue weighted by Crippen LogP contribution is -2.21. The fourth-order valence-electron chi connectivity index (χ4n) is 1.08. The smallest absolute Gasteiger partial charge is 0.340 e. The van der Waals surface area contributed by atoms with Gasteiger partial charge in [-0.3, -0.25) is 4.79 Å². The SMILES string of the molecule is CN(C)C=C(C(=O)O)C(=O)CC(C)(C)C. The summed E-state index contributed by atoms with van der Waals surface area (Å²) in [5.74, 6) is -1.50. The quantitative estimate of drug-likeness (QED) is 0.437. The molecule has 0 unspecified atom stereocenters. The van der Waals surface area contributed by atoms with Crippen LogP contribution in [0.5, 0.6) is 0 Å². The van der Waals surface area contributed by atoms with Gasteiger partial charge >= 0.3 is 5.97 Å². The Kier molecular flexibility index (Phi) is 4.52. The van der Waals surface area contributed by atoms with Crippen molar-refractivity contribution < 1.29 is 14.7 Å². The van der Waals surface area contributed by atoms with Gasteiger partial charge in [0.05, 0.1) is 0 Å². The summed E-state index contributed by atoms with van der Waals surface area (Å²) in [6.45, 7) is 5.71. The van der Waals surface area contributed by atoms with Crippen LogP contribution in [0, 0.1) is 5.41 Å². The third kappa shape index (κ3) is 5.88. The van der Waals surface area contributed by atoms with Gasteiger partial charge in [0.1, 0.15) is 5.57 Å². The monoisotopic (exact) mass is 213 g/mol. The standard InChI is InChI=1S/C11H19NO3/c1-11(2,3)6-9(13)8(10(14)15)7-12(4)5/h7H,6H2,1-5H3,(H,14,15). The molecule has 0 fully saturated rings. The summed E-state index contributed by atoms with van der Waals surface area (Å²) in [6.07, 6.45) is 1.58. The van der Waals surface area contributed by atoms with E-state index < -0.39 is 5.97 Å². The Morgan fingerprint density at radius 1 is 1.27 bits per heavy atom. The molecule has 0 aliphatic carbocycles. The van der Waals surface area contributed by atoms with Gasteiger partial charge in [0.15, 0.2) is 5.78 Å². The first-order valence-corrected chi connectivity index (χ1v) is 4.78. The van der Waals surface area contributed by atoms with Gasteiger partial charge in [-0.05, 0) is 5.41 Å². The van der Waals surface area contributed by atoms with Crippen molar-refractivity contribution in [3.05, 3.63) is 11.8 Å². The molecule has 0 saturated heterocycles. The first-order chi connectivity index (χ1) is 6.63. The normalized spacial score (nSPS) is 12.5. The second kappa shape index (κ2) is 4.96. The molecule has 1 N–H and O–H groups in total. The van der Waals surface area contributed by atoms with E-state index in [1.807, 2.05) is 20.8 Å². The molecule has 4 nitrogen and oxygen atoms in total. The van der Waals surface area contributed by atoms with Gasteiger partial charge < -0.3 is 10.0 Å². The summed E-state index contributed by atoms with van der Waals surface area (Å²) in [5, 5.41) is 8.87. The van der Waals surface area contributed by atoms with Crippen molar-refractivity contribution in [1.82, 2.24) is 4.90 Å². The number of ketones is 1. The van der Waals surface area contributed by atoms with E-state index >= 15 is 0 Å². The lowest BCUT2D eigenvalue weighted by Gasteiger charge is -2.17. The average molecular weight is 213 g/mol. The van der Waals surface area contributed by atoms with Crippen LogP contribution in [-0.4, -0.2) is 35.9 Å². The molecule has 0 aliphatic heterocycles. The zero-order valence-corrected chi connectivity index (χ0v) is 10.00. The number of nitrogens with zero attached hydrogens (tertiary/aromatic N) is 1. The highest BCUT2D eigenvalue weighted by Crippen LogP contribution is 2.21. The van der Waals surface area contributed by atoms with Crippen molar-refractivity contribution >= 4 is 11.8 Å². The van der Waals surface area contributed by atoms with Gasteiger partial charge in [0, 0.05) is 26.7 Å². The Morgan fingerprint density at radius 3 is 2.00 bits per heavy atom. The molecule has 4 heteroatoms. The van der Waals surface area contributed by atoms with Gasteiger partial charge in [-0.2, -0.15) is 0 Å². The second-order valence-electron chi connectivity index (χ2n) is 4.97. The Morgan fingerprint density at radius 2 is 1.73 bits per heavy atom. The van der Waals surface area contributed by atoms with Crippen molar-refractivity contribution in [1.29, 1.82) is 0 Å². The van der Waals surface area contributed by atoms with Crippen LogP contribution in [0.15, 0.2) is 11.8 Å². The summed E-state index contributed by atoms with van der Waals surface area (Å²) < 4.78 is 0. The molecule has 0 aromatic heterocycles. The molecular weight excluding hydrogens is 194 g/mol. The van der Waals surface area contributed by atoms with Crippen LogP contribution in [0.25, 0.3) is 0 Å². The molecule has 0 bridgehead atoms. The predicted octanol–water partition coefficient (Wildman–Crippen LogP) is 1.52. The van der Waals surface area contributed by atoms with Crippen LogP contribution >= 0.6 is 0 Å². The van der Waals surface area contributed by atoms with Crippen LogP contribution in [0.4, 0.5) is 0 Å². The van der Waals surface area contributed by atoms with E-state index in [0.717, 1.165) is 0 Å². The lowest BCUT2D eigenvalue weighted by molar-refractivity contribution is -0.135. The van der Waals surface area contributed by atoms with Gasteiger partial charge in [-0.25, -0.2) is 4.79 Å². The largest absolute Gasteiger partial charge is 0.478 e. The number of carboxylic acids is 1. The third-order valence-corrected chi connectivity index (χ3v) is 1.61. The summed E-state index contributed by atoms with van der Waals surface area (Å²) in [7, 11) is 3.38. The maximum absolute atomic E-state index is 11.7. The minimum atomic E-state index is -1.17. The fourth-order valence-corrected chi connectivity index (χ4v) is 1.08. The van der Waals surface area contributed by atoms with Crippen LogP contribution in [0.1, 0.15) is 27.2 Å². The highest BCUT2D eigenvalue weighted by Gasteiger charge is 2.23. The Bertz CT molecular complexity index is 285. The molecule has 0 spiro atoms. The number of Topliss-reactive ketones (excluding diaryl/α,β-unsaturated/α-hetero) is 1. The molecule has 0 saturated carbocycles. The molecular formula is C11H19NO3. The van der Waals surface area contributed by atoms with Crippen molar-refractivity contribution in [3.63, 3.8) is 0 Å². The van der Waals surface area contributed by atoms with E-state index in [-0.39, 0.29) is 23.2 Å². The molecule has 0 atom stereocenters. The van der Waals surface area contributed by atoms with E-state index in [0.29, 0.717) is 0 Å². The first-order valence-electron chi connectivity index (χ1n) is 4.78. The second-order valence-corrected chi connectivity index (χ2v) is 4.97. The van der Waals surface area contributed by atoms with Crippen molar-refractivity contribution in [2.75, 3.05) is 14.1 Å². The zero-order valence-electron chi connectivity index (χ0n) is 10.00. The Hall–Kier alpha value is -1.32. The van der Waals surface area contributed by atoms with Gasteiger partial charge in [-0.15, -0.1) is 0 Å². The molecule has 0 heterocycles. The van der Waals surface area contributed by atoms with Crippen molar-refractivity contribution in [3.8, 4) is 0 Å². The average Bonchev–Trinajstić information content (AvgIpc) is 1.95. The van der Waals surface area contributed by atoms with Gasteiger partial charge in [0.25, 0.3) is 0 Å². The molecule has 0 rings (SSSR count). The maximum Gasteiger partial charge on any atom is 0.340 e. The highest BCUT2D eigenvalue weighted by molar-refractivity contribution is 6.16. The van der Waals surface area contributed by atoms with Gasteiger partial charge in [-0.1, -0.05) is 20.8 Å². The number of carbonyl (C=O) groups excluding carboxylic acids is 1. The molecule has 86 valence electrons. The number of aliphatic carboxylic acids is 1. The molecule has 0 amide bonds. The highest BCUT2D eigenvalue weighted by atomic mass is 16.4. The minimum Gasteiger partial charge on any atom is -0.478 e. The Balaban J connectivity index is 4.82.